The molecule has 1 atom stereocenters. The molecule has 0 bridgehead atoms. The number of aryl methyl sites for hydroxylation is 1. The highest BCUT2D eigenvalue weighted by Gasteiger charge is 2.13. The van der Waals surface area contributed by atoms with Crippen molar-refractivity contribution in [2.45, 2.75) is 26.2 Å². The Bertz CT molecular complexity index is 281. The van der Waals surface area contributed by atoms with E-state index >= 15 is 0 Å². The number of pyridine rings is 1. The fourth-order valence-corrected chi connectivity index (χ4v) is 1.77. The first-order valence-corrected chi connectivity index (χ1v) is 5.21. The highest BCUT2D eigenvalue weighted by molar-refractivity contribution is 5.21. The van der Waals surface area contributed by atoms with Gasteiger partial charge in [0.25, 0.3) is 0 Å². The topological polar surface area (TPSA) is 16.1 Å². The molecule has 0 radical (unpaired) electrons. The van der Waals surface area contributed by atoms with Gasteiger partial charge in [-0.3, -0.25) is 4.98 Å². The van der Waals surface area contributed by atoms with Crippen LogP contribution in [0.4, 0.5) is 0 Å². The van der Waals surface area contributed by atoms with Crippen LogP contribution in [0.3, 0.4) is 0 Å². The molecular formula is C12H20N2. The molecule has 0 aromatic carbocycles. The van der Waals surface area contributed by atoms with Crippen LogP contribution in [0, 0.1) is 6.92 Å². The Morgan fingerprint density at radius 2 is 2.14 bits per heavy atom. The lowest BCUT2D eigenvalue weighted by Crippen LogP contribution is -2.21. The highest BCUT2D eigenvalue weighted by atomic mass is 15.1. The van der Waals surface area contributed by atoms with Crippen molar-refractivity contribution in [3.8, 4) is 0 Å². The lowest BCUT2D eigenvalue weighted by molar-refractivity contribution is 0.364. The number of hydrogen-bond donors (Lipinski definition) is 0. The summed E-state index contributed by atoms with van der Waals surface area (Å²) in [5.41, 5.74) is 2.56. The molecule has 1 rings (SSSR count). The van der Waals surface area contributed by atoms with Crippen molar-refractivity contribution in [3.63, 3.8) is 0 Å². The van der Waals surface area contributed by atoms with Gasteiger partial charge in [0.1, 0.15) is 0 Å². The van der Waals surface area contributed by atoms with Crippen LogP contribution in [-0.4, -0.2) is 30.5 Å². The zero-order valence-electron chi connectivity index (χ0n) is 9.62. The molecule has 0 amide bonds. The first kappa shape index (κ1) is 11.2. The fraction of sp³-hybridized carbons (Fsp3) is 0.583. The summed E-state index contributed by atoms with van der Waals surface area (Å²) in [7, 11) is 4.22. The van der Waals surface area contributed by atoms with Crippen molar-refractivity contribution in [2.24, 2.45) is 0 Å². The standard InChI is InChI=1S/C12H20N2/c1-5-11(9-14(3)4)12-10(2)7-6-8-13-12/h6-8,11H,5,9H2,1-4H3. The summed E-state index contributed by atoms with van der Waals surface area (Å²) < 4.78 is 0. The second kappa shape index (κ2) is 5.11. The van der Waals surface area contributed by atoms with E-state index in [1.165, 1.54) is 11.3 Å². The van der Waals surface area contributed by atoms with Crippen molar-refractivity contribution < 1.29 is 0 Å². The van der Waals surface area contributed by atoms with Crippen LogP contribution >= 0.6 is 0 Å². The van der Waals surface area contributed by atoms with Gasteiger partial charge in [-0.15, -0.1) is 0 Å². The summed E-state index contributed by atoms with van der Waals surface area (Å²) in [6.07, 6.45) is 3.04. The third-order valence-electron chi connectivity index (χ3n) is 2.51. The number of likely N-dealkylation sites (N-methyl/N-ethyl adjacent to an activating group) is 1. The van der Waals surface area contributed by atoms with Crippen LogP contribution in [0.2, 0.25) is 0 Å². The molecule has 1 aromatic heterocycles. The molecule has 0 aliphatic rings. The molecule has 1 aromatic rings. The molecule has 1 heterocycles. The Balaban J connectivity index is 2.83. The van der Waals surface area contributed by atoms with Gasteiger partial charge >= 0.3 is 0 Å². The molecule has 2 nitrogen and oxygen atoms in total. The molecule has 0 N–H and O–H groups in total. The monoisotopic (exact) mass is 192 g/mol. The second-order valence-corrected chi connectivity index (χ2v) is 4.07. The zero-order chi connectivity index (χ0) is 10.6. The maximum absolute atomic E-state index is 4.48. The normalized spacial score (nSPS) is 13.2. The van der Waals surface area contributed by atoms with Crippen molar-refractivity contribution in [1.29, 1.82) is 0 Å². The van der Waals surface area contributed by atoms with E-state index < -0.39 is 0 Å². The summed E-state index contributed by atoms with van der Waals surface area (Å²) in [6, 6.07) is 4.14. The largest absolute Gasteiger partial charge is 0.309 e. The summed E-state index contributed by atoms with van der Waals surface area (Å²) in [5, 5.41) is 0. The number of hydrogen-bond acceptors (Lipinski definition) is 2. The SMILES string of the molecule is CCC(CN(C)C)c1ncccc1C. The third kappa shape index (κ3) is 2.81. The minimum Gasteiger partial charge on any atom is -0.309 e. The first-order chi connectivity index (χ1) is 6.65. The van der Waals surface area contributed by atoms with Crippen molar-refractivity contribution >= 4 is 0 Å². The third-order valence-corrected chi connectivity index (χ3v) is 2.51. The number of nitrogens with zero attached hydrogens (tertiary/aromatic N) is 2. The molecule has 0 aliphatic carbocycles. The van der Waals surface area contributed by atoms with Crippen LogP contribution in [0.25, 0.3) is 0 Å². The summed E-state index contributed by atoms with van der Waals surface area (Å²) >= 11 is 0. The Morgan fingerprint density at radius 3 is 2.64 bits per heavy atom. The van der Waals surface area contributed by atoms with Crippen LogP contribution < -0.4 is 0 Å². The molecule has 0 saturated carbocycles. The van der Waals surface area contributed by atoms with Gasteiger partial charge < -0.3 is 4.90 Å². The molecule has 78 valence electrons. The molecule has 0 fully saturated rings. The number of rotatable bonds is 4. The lowest BCUT2D eigenvalue weighted by atomic mass is 9.98. The van der Waals surface area contributed by atoms with Crippen LogP contribution in [0.1, 0.15) is 30.5 Å². The lowest BCUT2D eigenvalue weighted by Gasteiger charge is -2.20. The average molecular weight is 192 g/mol. The quantitative estimate of drug-likeness (QED) is 0.728. The minimum absolute atomic E-state index is 0.561. The Morgan fingerprint density at radius 1 is 1.43 bits per heavy atom. The predicted octanol–water partition coefficient (Wildman–Crippen LogP) is 2.45. The molecule has 0 aliphatic heterocycles. The molecular weight excluding hydrogens is 172 g/mol. The van der Waals surface area contributed by atoms with E-state index in [0.29, 0.717) is 5.92 Å². The van der Waals surface area contributed by atoms with Crippen LogP contribution in [0.15, 0.2) is 18.3 Å². The van der Waals surface area contributed by atoms with Gasteiger partial charge in [-0.25, -0.2) is 0 Å². The van der Waals surface area contributed by atoms with Gasteiger partial charge in [-0.2, -0.15) is 0 Å². The maximum atomic E-state index is 4.48. The van der Waals surface area contributed by atoms with Crippen molar-refractivity contribution in [2.75, 3.05) is 20.6 Å². The highest BCUT2D eigenvalue weighted by Crippen LogP contribution is 2.20. The van der Waals surface area contributed by atoms with Gasteiger partial charge in [-0.05, 0) is 39.1 Å². The van der Waals surface area contributed by atoms with Gasteiger partial charge in [0, 0.05) is 24.4 Å². The van der Waals surface area contributed by atoms with Crippen molar-refractivity contribution in [1.82, 2.24) is 9.88 Å². The van der Waals surface area contributed by atoms with Crippen LogP contribution in [0.5, 0.6) is 0 Å². The van der Waals surface area contributed by atoms with E-state index in [1.54, 1.807) is 0 Å². The van der Waals surface area contributed by atoms with Gasteiger partial charge in [-0.1, -0.05) is 13.0 Å². The van der Waals surface area contributed by atoms with Gasteiger partial charge in [0.2, 0.25) is 0 Å². The Kier molecular flexibility index (Phi) is 4.08. The molecule has 0 spiro atoms. The predicted molar refractivity (Wildman–Crippen MR) is 60.6 cm³/mol. The fourth-order valence-electron chi connectivity index (χ4n) is 1.77. The van der Waals surface area contributed by atoms with E-state index in [4.69, 9.17) is 0 Å². The van der Waals surface area contributed by atoms with Crippen molar-refractivity contribution in [3.05, 3.63) is 29.6 Å². The summed E-state index contributed by atoms with van der Waals surface area (Å²) in [4.78, 5) is 6.70. The summed E-state index contributed by atoms with van der Waals surface area (Å²) in [6.45, 7) is 5.44. The zero-order valence-corrected chi connectivity index (χ0v) is 9.62. The van der Waals surface area contributed by atoms with Gasteiger partial charge in [0.15, 0.2) is 0 Å². The van der Waals surface area contributed by atoms with E-state index in [1.807, 2.05) is 12.3 Å². The molecule has 0 saturated heterocycles. The van der Waals surface area contributed by atoms with E-state index in [-0.39, 0.29) is 0 Å². The van der Waals surface area contributed by atoms with E-state index in [0.717, 1.165) is 13.0 Å². The maximum Gasteiger partial charge on any atom is 0.0476 e. The first-order valence-electron chi connectivity index (χ1n) is 5.21. The Hall–Kier alpha value is -0.890. The summed E-state index contributed by atoms with van der Waals surface area (Å²) in [5.74, 6) is 0.561. The average Bonchev–Trinajstić information content (AvgIpc) is 2.15. The Labute approximate surface area is 87.0 Å². The van der Waals surface area contributed by atoms with Gasteiger partial charge in [0.05, 0.1) is 0 Å². The van der Waals surface area contributed by atoms with Crippen LogP contribution in [-0.2, 0) is 0 Å². The smallest absolute Gasteiger partial charge is 0.0476 e. The number of aromatic nitrogens is 1. The van der Waals surface area contributed by atoms with E-state index in [9.17, 15) is 0 Å². The second-order valence-electron chi connectivity index (χ2n) is 4.07. The molecule has 2 heteroatoms. The van der Waals surface area contributed by atoms with E-state index in [2.05, 4.69) is 43.9 Å². The minimum atomic E-state index is 0.561. The molecule has 14 heavy (non-hydrogen) atoms. The molecule has 1 unspecified atom stereocenters.